The van der Waals surface area contributed by atoms with Crippen molar-refractivity contribution in [2.24, 2.45) is 11.3 Å². The molecule has 2 atom stereocenters. The minimum absolute atomic E-state index is 0.0260. The number of carbonyl (C=O) groups is 3. The van der Waals surface area contributed by atoms with E-state index in [-0.39, 0.29) is 34.7 Å². The van der Waals surface area contributed by atoms with Gasteiger partial charge in [-0.2, -0.15) is 0 Å². The molecule has 1 aromatic rings. The summed E-state index contributed by atoms with van der Waals surface area (Å²) < 4.78 is 16.7. The number of fused-ring (bicyclic) bond motifs is 3. The van der Waals surface area contributed by atoms with Crippen molar-refractivity contribution in [1.82, 2.24) is 0 Å². The highest BCUT2D eigenvalue weighted by Gasteiger charge is 2.59. The summed E-state index contributed by atoms with van der Waals surface area (Å²) in [5, 5.41) is 0. The van der Waals surface area contributed by atoms with Crippen LogP contribution >= 0.6 is 0 Å². The highest BCUT2D eigenvalue weighted by atomic mass is 16.6. The Morgan fingerprint density at radius 3 is 2.19 bits per heavy atom. The van der Waals surface area contributed by atoms with Gasteiger partial charge in [-0.25, -0.2) is 0 Å². The number of hydrogen-bond acceptors (Lipinski definition) is 6. The van der Waals surface area contributed by atoms with Gasteiger partial charge in [0.05, 0.1) is 7.11 Å². The Hall–Kier alpha value is -2.37. The van der Waals surface area contributed by atoms with Crippen molar-refractivity contribution in [2.75, 3.05) is 7.11 Å². The lowest BCUT2D eigenvalue weighted by Gasteiger charge is -2.54. The summed E-state index contributed by atoms with van der Waals surface area (Å²) in [4.78, 5) is 37.7. The van der Waals surface area contributed by atoms with Crippen LogP contribution < -0.4 is 9.47 Å². The van der Waals surface area contributed by atoms with Gasteiger partial charge in [0.2, 0.25) is 0 Å². The molecule has 0 radical (unpaired) electrons. The third kappa shape index (κ3) is 3.85. The van der Waals surface area contributed by atoms with Crippen molar-refractivity contribution in [3.8, 4) is 11.5 Å². The van der Waals surface area contributed by atoms with Crippen LogP contribution in [0.15, 0.2) is 6.07 Å². The zero-order valence-electron chi connectivity index (χ0n) is 19.7. The Labute approximate surface area is 184 Å². The minimum Gasteiger partial charge on any atom is -0.468 e. The van der Waals surface area contributed by atoms with E-state index in [9.17, 15) is 14.4 Å². The second-order valence-corrected chi connectivity index (χ2v) is 9.90. The number of ether oxygens (including phenoxy) is 3. The van der Waals surface area contributed by atoms with E-state index in [1.165, 1.54) is 21.0 Å². The van der Waals surface area contributed by atoms with Crippen molar-refractivity contribution in [1.29, 1.82) is 0 Å². The molecule has 31 heavy (non-hydrogen) atoms. The molecule has 0 N–H and O–H groups in total. The van der Waals surface area contributed by atoms with Crippen LogP contribution in [0.1, 0.15) is 89.8 Å². The molecular formula is C25H34O6. The van der Waals surface area contributed by atoms with Crippen LogP contribution in [0, 0.1) is 11.3 Å². The summed E-state index contributed by atoms with van der Waals surface area (Å²) in [7, 11) is 1.41. The summed E-state index contributed by atoms with van der Waals surface area (Å²) in [6.07, 6.45) is 4.08. The fourth-order valence-corrected chi connectivity index (χ4v) is 5.92. The number of esters is 3. The van der Waals surface area contributed by atoms with Crippen LogP contribution in [0.3, 0.4) is 0 Å². The average Bonchev–Trinajstić information content (AvgIpc) is 2.66. The second kappa shape index (κ2) is 8.29. The van der Waals surface area contributed by atoms with Crippen molar-refractivity contribution in [3.05, 3.63) is 22.8 Å². The molecule has 0 aliphatic heterocycles. The number of carbonyl (C=O) groups excluding carboxylic acids is 3. The molecule has 0 heterocycles. The number of hydrogen-bond donors (Lipinski definition) is 0. The quantitative estimate of drug-likeness (QED) is 0.502. The van der Waals surface area contributed by atoms with Crippen molar-refractivity contribution < 1.29 is 28.6 Å². The lowest BCUT2D eigenvalue weighted by Crippen LogP contribution is -2.55. The van der Waals surface area contributed by atoms with Crippen LogP contribution in [0.5, 0.6) is 11.5 Å². The van der Waals surface area contributed by atoms with Gasteiger partial charge in [-0.3, -0.25) is 14.4 Å². The van der Waals surface area contributed by atoms with E-state index in [2.05, 4.69) is 13.8 Å². The van der Waals surface area contributed by atoms with Gasteiger partial charge in [0, 0.05) is 25.0 Å². The molecule has 0 aromatic heterocycles. The molecule has 0 bridgehead atoms. The first-order valence-electron chi connectivity index (χ1n) is 11.1. The Bertz CT molecular complexity index is 913. The van der Waals surface area contributed by atoms with Crippen molar-refractivity contribution in [2.45, 2.75) is 85.0 Å². The van der Waals surface area contributed by atoms with Crippen LogP contribution in [0.4, 0.5) is 0 Å². The molecule has 6 heteroatoms. The van der Waals surface area contributed by atoms with Crippen LogP contribution in [0.25, 0.3) is 0 Å². The van der Waals surface area contributed by atoms with Crippen molar-refractivity contribution >= 4 is 17.9 Å². The third-order valence-electron chi connectivity index (χ3n) is 7.09. The lowest BCUT2D eigenvalue weighted by molar-refractivity contribution is -0.157. The molecule has 0 spiro atoms. The summed E-state index contributed by atoms with van der Waals surface area (Å²) in [6.45, 7) is 11.0. The second-order valence-electron chi connectivity index (χ2n) is 9.90. The summed E-state index contributed by atoms with van der Waals surface area (Å²) >= 11 is 0. The Morgan fingerprint density at radius 2 is 1.65 bits per heavy atom. The molecule has 2 aliphatic rings. The zero-order valence-corrected chi connectivity index (χ0v) is 19.7. The lowest BCUT2D eigenvalue weighted by atomic mass is 9.49. The van der Waals surface area contributed by atoms with Gasteiger partial charge >= 0.3 is 17.9 Å². The largest absolute Gasteiger partial charge is 0.468 e. The molecule has 6 nitrogen and oxygen atoms in total. The maximum atomic E-state index is 13.5. The van der Waals surface area contributed by atoms with Gasteiger partial charge in [-0.05, 0) is 48.5 Å². The fourth-order valence-electron chi connectivity index (χ4n) is 5.92. The van der Waals surface area contributed by atoms with Crippen LogP contribution in [0.2, 0.25) is 0 Å². The third-order valence-corrected chi connectivity index (χ3v) is 7.09. The van der Waals surface area contributed by atoms with E-state index in [0.717, 1.165) is 36.8 Å². The van der Waals surface area contributed by atoms with Gasteiger partial charge in [-0.1, -0.05) is 40.2 Å². The number of aryl methyl sites for hydroxylation is 1. The van der Waals surface area contributed by atoms with Crippen LogP contribution in [-0.2, 0) is 31.0 Å². The standard InChI is InChI=1S/C25H34O6/c1-14(2)18-13-17-9-10-19-24(5,6)11-8-12-25(19,23(28)29-7)20(17)22(31-16(4)27)21(18)30-15(3)26/h13-14,19H,8-12H2,1-7H3/t19-,25-/m0/s1. The number of rotatable bonds is 4. The SMILES string of the molecule is COC(=O)[C@@]12CCCC(C)(C)[C@@H]1CCc1cc(C(C)C)c(OC(C)=O)c(OC(C)=O)c12. The van der Waals surface area contributed by atoms with E-state index in [1.54, 1.807) is 0 Å². The fraction of sp³-hybridized carbons (Fsp3) is 0.640. The summed E-state index contributed by atoms with van der Waals surface area (Å²) in [5.74, 6) is -0.833. The predicted molar refractivity (Wildman–Crippen MR) is 116 cm³/mol. The maximum absolute atomic E-state index is 13.5. The summed E-state index contributed by atoms with van der Waals surface area (Å²) in [5.41, 5.74) is 1.39. The smallest absolute Gasteiger partial charge is 0.316 e. The van der Waals surface area contributed by atoms with Crippen molar-refractivity contribution in [3.63, 3.8) is 0 Å². The highest BCUT2D eigenvalue weighted by Crippen LogP contribution is 2.61. The Morgan fingerprint density at radius 1 is 1.03 bits per heavy atom. The molecular weight excluding hydrogens is 396 g/mol. The first-order chi connectivity index (χ1) is 14.5. The molecule has 0 unspecified atom stereocenters. The number of methoxy groups -OCH3 is 1. The van der Waals surface area contributed by atoms with E-state index >= 15 is 0 Å². The minimum atomic E-state index is -0.945. The monoisotopic (exact) mass is 430 g/mol. The topological polar surface area (TPSA) is 78.9 Å². The molecule has 3 rings (SSSR count). The average molecular weight is 431 g/mol. The summed E-state index contributed by atoms with van der Waals surface area (Å²) in [6, 6.07) is 2.02. The van der Waals surface area contributed by atoms with E-state index in [0.29, 0.717) is 12.0 Å². The predicted octanol–water partition coefficient (Wildman–Crippen LogP) is 4.84. The van der Waals surface area contributed by atoms with Gasteiger partial charge < -0.3 is 14.2 Å². The molecule has 1 fully saturated rings. The molecule has 1 aromatic carbocycles. The van der Waals surface area contributed by atoms with Gasteiger partial charge in [0.1, 0.15) is 5.41 Å². The molecule has 1 saturated carbocycles. The highest BCUT2D eigenvalue weighted by molar-refractivity contribution is 5.88. The van der Waals surface area contributed by atoms with E-state index in [4.69, 9.17) is 14.2 Å². The zero-order chi connectivity index (χ0) is 23.1. The van der Waals surface area contributed by atoms with E-state index < -0.39 is 17.4 Å². The van der Waals surface area contributed by atoms with Gasteiger partial charge in [0.25, 0.3) is 0 Å². The van der Waals surface area contributed by atoms with Gasteiger partial charge in [0.15, 0.2) is 11.5 Å². The van der Waals surface area contributed by atoms with Gasteiger partial charge in [-0.15, -0.1) is 0 Å². The molecule has 2 aliphatic carbocycles. The Kier molecular flexibility index (Phi) is 6.23. The molecule has 0 amide bonds. The first-order valence-corrected chi connectivity index (χ1v) is 11.1. The Balaban J connectivity index is 2.44. The normalized spacial score (nSPS) is 24.1. The molecule has 0 saturated heterocycles. The van der Waals surface area contributed by atoms with E-state index in [1.807, 2.05) is 19.9 Å². The first kappa shape index (κ1) is 23.3. The van der Waals surface area contributed by atoms with Crippen LogP contribution in [-0.4, -0.2) is 25.0 Å². The number of benzene rings is 1. The maximum Gasteiger partial charge on any atom is 0.316 e. The molecule has 170 valence electrons.